The van der Waals surface area contributed by atoms with Crippen molar-refractivity contribution in [3.8, 4) is 0 Å². The molecule has 4 nitrogen and oxygen atoms in total. The fraction of sp³-hybridized carbons (Fsp3) is 0.250. The highest BCUT2D eigenvalue weighted by Crippen LogP contribution is 2.33. The molecule has 0 amide bonds. The lowest BCUT2D eigenvalue weighted by Crippen LogP contribution is -2.10. The molecule has 1 N–H and O–H groups in total. The molecule has 0 bridgehead atoms. The number of benzene rings is 2. The van der Waals surface area contributed by atoms with Crippen molar-refractivity contribution in [2.75, 3.05) is 0 Å². The van der Waals surface area contributed by atoms with Crippen LogP contribution in [0.3, 0.4) is 0 Å². The molecular weight excluding hydrogens is 254 g/mol. The van der Waals surface area contributed by atoms with Gasteiger partial charge in [-0.3, -0.25) is 10.1 Å². The smallest absolute Gasteiger partial charge is 0.269 e. The van der Waals surface area contributed by atoms with Crippen LogP contribution in [0.4, 0.5) is 5.69 Å². The van der Waals surface area contributed by atoms with Gasteiger partial charge in [0.2, 0.25) is 0 Å². The highest BCUT2D eigenvalue weighted by atomic mass is 16.6. The van der Waals surface area contributed by atoms with Gasteiger partial charge in [-0.15, -0.1) is 0 Å². The summed E-state index contributed by atoms with van der Waals surface area (Å²) in [5.74, 6) is -0.0161. The minimum Gasteiger partial charge on any atom is -0.388 e. The third-order valence-corrected chi connectivity index (χ3v) is 3.49. The molecule has 0 spiro atoms. The first kappa shape index (κ1) is 14.2. The van der Waals surface area contributed by atoms with Gasteiger partial charge in [0, 0.05) is 18.1 Å². The Balaban J connectivity index is 2.24. The van der Waals surface area contributed by atoms with E-state index < -0.39 is 11.0 Å². The van der Waals surface area contributed by atoms with Crippen molar-refractivity contribution in [3.05, 3.63) is 75.8 Å². The minimum atomic E-state index is -0.664. The minimum absolute atomic E-state index is 0.0161. The second-order valence-corrected chi connectivity index (χ2v) is 4.72. The Morgan fingerprint density at radius 1 is 1.05 bits per heavy atom. The average molecular weight is 271 g/mol. The Kier molecular flexibility index (Phi) is 4.48. The molecule has 0 aromatic heterocycles. The van der Waals surface area contributed by atoms with Crippen LogP contribution in [0.1, 0.15) is 36.5 Å². The van der Waals surface area contributed by atoms with Crippen LogP contribution in [0.5, 0.6) is 0 Å². The van der Waals surface area contributed by atoms with E-state index in [9.17, 15) is 15.2 Å². The molecule has 0 radical (unpaired) electrons. The Labute approximate surface area is 117 Å². The lowest BCUT2D eigenvalue weighted by Gasteiger charge is -2.22. The summed E-state index contributed by atoms with van der Waals surface area (Å²) >= 11 is 0. The molecule has 2 rings (SSSR count). The number of nitro benzene ring substituents is 1. The molecule has 1 unspecified atom stereocenters. The molecular formula is C16H17NO3. The van der Waals surface area contributed by atoms with Crippen molar-refractivity contribution in [2.24, 2.45) is 0 Å². The van der Waals surface area contributed by atoms with Crippen LogP contribution in [-0.2, 0) is 0 Å². The molecule has 0 aliphatic rings. The monoisotopic (exact) mass is 271 g/mol. The van der Waals surface area contributed by atoms with Crippen molar-refractivity contribution >= 4 is 5.69 Å². The van der Waals surface area contributed by atoms with Crippen molar-refractivity contribution in [1.82, 2.24) is 0 Å². The first-order chi connectivity index (χ1) is 9.63. The van der Waals surface area contributed by atoms with Crippen molar-refractivity contribution in [2.45, 2.75) is 25.4 Å². The summed E-state index contributed by atoms with van der Waals surface area (Å²) in [4.78, 5) is 10.2. The van der Waals surface area contributed by atoms with E-state index in [2.05, 4.69) is 0 Å². The molecule has 0 fully saturated rings. The van der Waals surface area contributed by atoms with Gasteiger partial charge in [-0.1, -0.05) is 37.3 Å². The third kappa shape index (κ3) is 3.03. The Morgan fingerprint density at radius 3 is 2.15 bits per heavy atom. The van der Waals surface area contributed by atoms with Crippen LogP contribution in [0.15, 0.2) is 54.6 Å². The Morgan fingerprint density at radius 2 is 1.65 bits per heavy atom. The lowest BCUT2D eigenvalue weighted by atomic mass is 9.87. The zero-order chi connectivity index (χ0) is 14.5. The summed E-state index contributed by atoms with van der Waals surface area (Å²) in [6, 6.07) is 15.9. The molecule has 0 aliphatic heterocycles. The molecule has 4 heteroatoms. The first-order valence-electron chi connectivity index (χ1n) is 6.61. The molecule has 0 aliphatic carbocycles. The first-order valence-corrected chi connectivity index (χ1v) is 6.61. The maximum atomic E-state index is 10.6. The fourth-order valence-corrected chi connectivity index (χ4v) is 2.37. The number of hydrogen-bond donors (Lipinski definition) is 1. The lowest BCUT2D eigenvalue weighted by molar-refractivity contribution is -0.384. The summed E-state index contributed by atoms with van der Waals surface area (Å²) in [6.07, 6.45) is 0.130. The summed E-state index contributed by atoms with van der Waals surface area (Å²) in [5.41, 5.74) is 1.81. The zero-order valence-electron chi connectivity index (χ0n) is 11.3. The Hall–Kier alpha value is -2.20. The molecule has 2 aromatic carbocycles. The largest absolute Gasteiger partial charge is 0.388 e. The van der Waals surface area contributed by atoms with Gasteiger partial charge in [0.25, 0.3) is 5.69 Å². The maximum absolute atomic E-state index is 10.6. The number of non-ortho nitro benzene ring substituents is 1. The Bertz CT molecular complexity index is 566. The van der Waals surface area contributed by atoms with Crippen LogP contribution in [0, 0.1) is 10.1 Å². The number of aliphatic hydroxyl groups is 1. The number of hydrogen-bond acceptors (Lipinski definition) is 3. The summed E-state index contributed by atoms with van der Waals surface area (Å²) in [7, 11) is 0. The molecule has 0 heterocycles. The number of nitrogens with zero attached hydrogens (tertiary/aromatic N) is 1. The number of aliphatic hydroxyl groups excluding tert-OH is 1. The van der Waals surface area contributed by atoms with Crippen molar-refractivity contribution < 1.29 is 10.0 Å². The van der Waals surface area contributed by atoms with E-state index in [1.54, 1.807) is 12.1 Å². The molecule has 2 aromatic rings. The maximum Gasteiger partial charge on any atom is 0.269 e. The molecule has 20 heavy (non-hydrogen) atoms. The van der Waals surface area contributed by atoms with Gasteiger partial charge >= 0.3 is 0 Å². The zero-order valence-corrected chi connectivity index (χ0v) is 11.3. The van der Waals surface area contributed by atoms with Crippen LogP contribution in [-0.4, -0.2) is 10.0 Å². The standard InChI is InChI=1S/C16H17NO3/c1-2-15(12-6-4-3-5-7-12)16(18)13-8-10-14(11-9-13)17(19)20/h3-11,15-16,18H,2H2,1H3/t15-,16?/m1/s1. The number of nitro groups is 1. The van der Waals surface area contributed by atoms with E-state index >= 15 is 0 Å². The van der Waals surface area contributed by atoms with Gasteiger partial charge in [0.05, 0.1) is 11.0 Å². The average Bonchev–Trinajstić information content (AvgIpc) is 2.49. The van der Waals surface area contributed by atoms with E-state index in [0.717, 1.165) is 12.0 Å². The summed E-state index contributed by atoms with van der Waals surface area (Å²) in [6.45, 7) is 2.02. The van der Waals surface area contributed by atoms with Gasteiger partial charge in [0.15, 0.2) is 0 Å². The van der Waals surface area contributed by atoms with E-state index in [4.69, 9.17) is 0 Å². The van der Waals surface area contributed by atoms with Crippen LogP contribution in [0.25, 0.3) is 0 Å². The second-order valence-electron chi connectivity index (χ2n) is 4.72. The normalized spacial score (nSPS) is 13.7. The molecule has 2 atom stereocenters. The quantitative estimate of drug-likeness (QED) is 0.664. The topological polar surface area (TPSA) is 63.4 Å². The highest BCUT2D eigenvalue weighted by Gasteiger charge is 2.21. The van der Waals surface area contributed by atoms with Crippen LogP contribution >= 0.6 is 0 Å². The van der Waals surface area contributed by atoms with E-state index in [-0.39, 0.29) is 11.6 Å². The third-order valence-electron chi connectivity index (χ3n) is 3.49. The fourth-order valence-electron chi connectivity index (χ4n) is 2.37. The van der Waals surface area contributed by atoms with Crippen molar-refractivity contribution in [3.63, 3.8) is 0 Å². The van der Waals surface area contributed by atoms with E-state index in [1.165, 1.54) is 12.1 Å². The van der Waals surface area contributed by atoms with Gasteiger partial charge in [-0.25, -0.2) is 0 Å². The molecule has 104 valence electrons. The molecule has 0 saturated heterocycles. The SMILES string of the molecule is CC[C@H](c1ccccc1)C(O)c1ccc([N+](=O)[O-])cc1. The highest BCUT2D eigenvalue weighted by molar-refractivity contribution is 5.35. The van der Waals surface area contributed by atoms with Gasteiger partial charge in [-0.05, 0) is 29.7 Å². The van der Waals surface area contributed by atoms with Gasteiger partial charge in [0.1, 0.15) is 0 Å². The predicted molar refractivity (Wildman–Crippen MR) is 77.5 cm³/mol. The number of rotatable bonds is 5. The summed E-state index contributed by atoms with van der Waals surface area (Å²) in [5, 5.41) is 21.1. The molecule has 0 saturated carbocycles. The van der Waals surface area contributed by atoms with E-state index in [1.807, 2.05) is 37.3 Å². The van der Waals surface area contributed by atoms with Gasteiger partial charge < -0.3 is 5.11 Å². The van der Waals surface area contributed by atoms with Crippen LogP contribution in [0.2, 0.25) is 0 Å². The summed E-state index contributed by atoms with van der Waals surface area (Å²) < 4.78 is 0. The van der Waals surface area contributed by atoms with Crippen LogP contribution < -0.4 is 0 Å². The van der Waals surface area contributed by atoms with E-state index in [0.29, 0.717) is 5.56 Å². The van der Waals surface area contributed by atoms with Crippen molar-refractivity contribution in [1.29, 1.82) is 0 Å². The predicted octanol–water partition coefficient (Wildman–Crippen LogP) is 3.82. The van der Waals surface area contributed by atoms with Gasteiger partial charge in [-0.2, -0.15) is 0 Å². The second kappa shape index (κ2) is 6.30.